The van der Waals surface area contributed by atoms with Crippen molar-refractivity contribution in [2.45, 2.75) is 12.2 Å². The van der Waals surface area contributed by atoms with Crippen LogP contribution in [0.5, 0.6) is 0 Å². The molecule has 0 amide bonds. The molecule has 1 atom stereocenters. The number of hydrogen-bond acceptors (Lipinski definition) is 6. The van der Waals surface area contributed by atoms with Gasteiger partial charge in [-0.15, -0.1) is 0 Å². The maximum atomic E-state index is 14.7. The minimum atomic E-state index is -4.58. The largest absolute Gasteiger partial charge is 0.396 e. The molecule has 1 unspecified atom stereocenters. The molecule has 2 aliphatic rings. The van der Waals surface area contributed by atoms with Crippen LogP contribution in [0.1, 0.15) is 6.92 Å². The van der Waals surface area contributed by atoms with E-state index in [0.29, 0.717) is 0 Å². The number of rotatable bonds is 3. The summed E-state index contributed by atoms with van der Waals surface area (Å²) in [6.45, 7) is 1.36. The third-order valence-electron chi connectivity index (χ3n) is 2.96. The Hall–Kier alpha value is -2.33. The average Bonchev–Trinajstić information content (AvgIpc) is 2.77. The van der Waals surface area contributed by atoms with Gasteiger partial charge in [0.2, 0.25) is 5.96 Å². The third-order valence-corrected chi connectivity index (χ3v) is 4.35. The number of alkyl halides is 1. The molecule has 0 aliphatic carbocycles. The summed E-state index contributed by atoms with van der Waals surface area (Å²) in [5, 5.41) is -2.41. The predicted octanol–water partition coefficient (Wildman–Crippen LogP) is 1.47. The average molecular weight is 327 g/mol. The molecule has 0 spiro atoms. The van der Waals surface area contributed by atoms with Crippen molar-refractivity contribution in [2.75, 3.05) is 4.72 Å². The molecule has 22 heavy (non-hydrogen) atoms. The van der Waals surface area contributed by atoms with Crippen LogP contribution < -0.4 is 10.1 Å². The Balaban J connectivity index is 1.92. The van der Waals surface area contributed by atoms with Gasteiger partial charge in [0, 0.05) is 5.69 Å². The molecule has 10 heteroatoms. The van der Waals surface area contributed by atoms with E-state index in [1.54, 1.807) is 18.2 Å². The van der Waals surface area contributed by atoms with Crippen LogP contribution in [0, 0.1) is 0 Å². The summed E-state index contributed by atoms with van der Waals surface area (Å²) in [7, 11) is -4.58. The highest BCUT2D eigenvalue weighted by molar-refractivity contribution is 7.93. The second-order valence-electron chi connectivity index (χ2n) is 4.60. The fourth-order valence-electron chi connectivity index (χ4n) is 1.83. The second-order valence-corrected chi connectivity index (χ2v) is 6.35. The summed E-state index contributed by atoms with van der Waals surface area (Å²) in [5.41, 5.74) is 2.12. The van der Waals surface area contributed by atoms with Crippen molar-refractivity contribution in [3.8, 4) is 0 Å². The van der Waals surface area contributed by atoms with Gasteiger partial charge >= 0.3 is 15.3 Å². The monoisotopic (exact) mass is 327 g/mol. The van der Waals surface area contributed by atoms with E-state index in [1.165, 1.54) is 19.1 Å². The van der Waals surface area contributed by atoms with Crippen molar-refractivity contribution in [1.29, 1.82) is 0 Å². The molecular weight excluding hydrogens is 316 g/mol. The van der Waals surface area contributed by atoms with Crippen molar-refractivity contribution < 1.29 is 17.2 Å². The number of guanidine groups is 1. The van der Waals surface area contributed by atoms with E-state index in [1.807, 2.05) is 5.43 Å². The zero-order chi connectivity index (χ0) is 16.0. The second kappa shape index (κ2) is 4.85. The van der Waals surface area contributed by atoms with Crippen molar-refractivity contribution in [3.63, 3.8) is 0 Å². The zero-order valence-electron chi connectivity index (χ0n) is 11.3. The summed E-state index contributed by atoms with van der Waals surface area (Å²) in [6.07, 6.45) is 0.876. The fraction of sp³-hybridized carbons (Fsp3) is 0.167. The van der Waals surface area contributed by atoms with Crippen LogP contribution in [0.15, 0.2) is 52.3 Å². The highest BCUT2D eigenvalue weighted by atomic mass is 32.2. The molecule has 2 aliphatic heterocycles. The summed E-state index contributed by atoms with van der Waals surface area (Å²) in [4.78, 5) is 7.11. The molecule has 0 saturated heterocycles. The van der Waals surface area contributed by atoms with E-state index < -0.39 is 21.1 Å². The molecular formula is C12H11F2N5O2S. The molecule has 116 valence electrons. The number of allylic oxidation sites excluding steroid dienone is 1. The number of anilines is 1. The smallest absolute Gasteiger partial charge is 0.278 e. The predicted molar refractivity (Wildman–Crippen MR) is 77.5 cm³/mol. The van der Waals surface area contributed by atoms with Crippen molar-refractivity contribution in [2.24, 2.45) is 9.98 Å². The van der Waals surface area contributed by atoms with E-state index in [-0.39, 0.29) is 17.4 Å². The number of benzene rings is 1. The zero-order valence-corrected chi connectivity index (χ0v) is 12.1. The minimum absolute atomic E-state index is 0.0190. The summed E-state index contributed by atoms with van der Waals surface area (Å²) >= 11 is 0. The van der Waals surface area contributed by atoms with Gasteiger partial charge in [0.1, 0.15) is 0 Å². The lowest BCUT2D eigenvalue weighted by Crippen LogP contribution is -2.50. The Morgan fingerprint density at radius 2 is 2.00 bits per heavy atom. The fourth-order valence-corrected chi connectivity index (χ4v) is 2.84. The number of hydrazine groups is 1. The SMILES string of the molecule is CC1=NC2=NC(F)(S(=O)(=O)Nc3ccccc3)NN2C=C1F. The van der Waals surface area contributed by atoms with Gasteiger partial charge in [-0.05, 0) is 19.1 Å². The molecule has 0 saturated carbocycles. The first kappa shape index (κ1) is 14.6. The number of nitrogens with zero attached hydrogens (tertiary/aromatic N) is 3. The Morgan fingerprint density at radius 3 is 2.68 bits per heavy atom. The highest BCUT2D eigenvalue weighted by Crippen LogP contribution is 2.28. The lowest BCUT2D eigenvalue weighted by molar-refractivity contribution is 0.181. The quantitative estimate of drug-likeness (QED) is 0.823. The molecule has 0 aromatic heterocycles. The van der Waals surface area contributed by atoms with Crippen molar-refractivity contribution in [1.82, 2.24) is 10.4 Å². The Morgan fingerprint density at radius 1 is 1.32 bits per heavy atom. The van der Waals surface area contributed by atoms with Crippen LogP contribution in [0.2, 0.25) is 0 Å². The van der Waals surface area contributed by atoms with Gasteiger partial charge in [-0.25, -0.2) is 14.4 Å². The van der Waals surface area contributed by atoms with Crippen molar-refractivity contribution >= 4 is 27.4 Å². The van der Waals surface area contributed by atoms with Gasteiger partial charge in [-0.3, -0.25) is 4.72 Å². The van der Waals surface area contributed by atoms with E-state index >= 15 is 0 Å². The molecule has 2 heterocycles. The molecule has 7 nitrogen and oxygen atoms in total. The van der Waals surface area contributed by atoms with Crippen LogP contribution in [0.4, 0.5) is 14.5 Å². The van der Waals surface area contributed by atoms with Gasteiger partial charge in [0.15, 0.2) is 5.83 Å². The van der Waals surface area contributed by atoms with Crippen LogP contribution in [0.25, 0.3) is 0 Å². The number of sulfonamides is 1. The molecule has 0 fully saturated rings. The molecule has 1 aromatic rings. The van der Waals surface area contributed by atoms with Gasteiger partial charge in [0.05, 0.1) is 11.9 Å². The first-order valence-electron chi connectivity index (χ1n) is 6.17. The van der Waals surface area contributed by atoms with E-state index in [9.17, 15) is 17.2 Å². The van der Waals surface area contributed by atoms with Gasteiger partial charge in [0.25, 0.3) is 0 Å². The topological polar surface area (TPSA) is 86.2 Å². The van der Waals surface area contributed by atoms with Crippen LogP contribution in [-0.2, 0) is 10.0 Å². The highest BCUT2D eigenvalue weighted by Gasteiger charge is 2.52. The lowest BCUT2D eigenvalue weighted by Gasteiger charge is -2.22. The molecule has 0 bridgehead atoms. The van der Waals surface area contributed by atoms with E-state index in [0.717, 1.165) is 11.2 Å². The van der Waals surface area contributed by atoms with Crippen molar-refractivity contribution in [3.05, 3.63) is 42.4 Å². The number of fused-ring (bicyclic) bond motifs is 1. The Kier molecular flexibility index (Phi) is 3.22. The maximum absolute atomic E-state index is 14.7. The van der Waals surface area contributed by atoms with Crippen LogP contribution >= 0.6 is 0 Å². The maximum Gasteiger partial charge on any atom is 0.396 e. The summed E-state index contributed by atoms with van der Waals surface area (Å²) in [5.74, 6) is -0.996. The van der Waals surface area contributed by atoms with Gasteiger partial charge < -0.3 is 0 Å². The van der Waals surface area contributed by atoms with Gasteiger partial charge in [-0.1, -0.05) is 18.2 Å². The molecule has 1 aromatic carbocycles. The first-order valence-corrected chi connectivity index (χ1v) is 7.65. The molecule has 2 N–H and O–H groups in total. The number of para-hydroxylation sites is 1. The Bertz CT molecular complexity index is 806. The number of halogens is 2. The number of hydrogen-bond donors (Lipinski definition) is 2. The molecule has 0 radical (unpaired) electrons. The molecule has 3 rings (SSSR count). The number of aliphatic imine (C=N–C) groups is 2. The van der Waals surface area contributed by atoms with Crippen LogP contribution in [-0.4, -0.2) is 30.3 Å². The Labute approximate surface area is 125 Å². The minimum Gasteiger partial charge on any atom is -0.278 e. The lowest BCUT2D eigenvalue weighted by atomic mass is 10.3. The van der Waals surface area contributed by atoms with E-state index in [4.69, 9.17) is 0 Å². The summed E-state index contributed by atoms with van der Waals surface area (Å²) in [6, 6.07) is 7.77. The summed E-state index contributed by atoms with van der Waals surface area (Å²) < 4.78 is 54.6. The van der Waals surface area contributed by atoms with Crippen LogP contribution in [0.3, 0.4) is 0 Å². The van der Waals surface area contributed by atoms with Gasteiger partial charge in [-0.2, -0.15) is 23.2 Å². The normalized spacial score (nSPS) is 24.3. The van der Waals surface area contributed by atoms with E-state index in [2.05, 4.69) is 14.7 Å². The standard InChI is InChI=1S/C12H11F2N5O2S/c1-8-10(13)7-19-11(15-8)16-12(14,18-19)22(20,21)17-9-5-3-2-4-6-9/h2-7,17-18H,1H3. The number of nitrogens with one attached hydrogen (secondary N) is 2. The first-order chi connectivity index (χ1) is 10.3. The third kappa shape index (κ3) is 2.35.